The Morgan fingerprint density at radius 1 is 0.560 bits per heavy atom. The molecule has 0 bridgehead atoms. The minimum atomic E-state index is -0.748. The van der Waals surface area contributed by atoms with Crippen molar-refractivity contribution in [3.8, 4) is 0 Å². The maximum Gasteiger partial charge on any atom is 0.407 e. The first kappa shape index (κ1) is 47.9. The molecule has 294 valence electrons. The third-order valence-corrected chi connectivity index (χ3v) is 9.10. The van der Waals surface area contributed by atoms with Crippen LogP contribution in [0.2, 0.25) is 0 Å². The lowest BCUT2D eigenvalue weighted by molar-refractivity contribution is -0.158. The van der Waals surface area contributed by atoms with Crippen LogP contribution in [0.15, 0.2) is 12.2 Å². The third-order valence-electron chi connectivity index (χ3n) is 9.10. The highest BCUT2D eigenvalue weighted by atomic mass is 16.6. The summed E-state index contributed by atoms with van der Waals surface area (Å²) in [5, 5.41) is 2.65. The molecule has 8 heteroatoms. The number of amides is 1. The molecule has 0 radical (unpaired) electrons. The molecule has 0 saturated heterocycles. The number of nitrogens with one attached hydrogen (secondary N) is 1. The minimum absolute atomic E-state index is 0.0327. The van der Waals surface area contributed by atoms with E-state index in [1.807, 2.05) is 19.0 Å². The Bertz CT molecular complexity index is 803. The number of hydrogen-bond donors (Lipinski definition) is 1. The molecule has 8 nitrogen and oxygen atoms in total. The van der Waals surface area contributed by atoms with E-state index in [0.717, 1.165) is 51.4 Å². The molecule has 0 spiro atoms. The highest BCUT2D eigenvalue weighted by molar-refractivity contribution is 5.70. The van der Waals surface area contributed by atoms with Gasteiger partial charge in [-0.25, -0.2) is 4.79 Å². The number of unbranched alkanes of at least 4 members (excludes halogenated alkanes) is 23. The quantitative estimate of drug-likeness (QED) is 0.0297. The van der Waals surface area contributed by atoms with Crippen molar-refractivity contribution in [3.63, 3.8) is 0 Å². The highest BCUT2D eigenvalue weighted by Gasteiger charge is 2.18. The number of esters is 2. The van der Waals surface area contributed by atoms with E-state index in [9.17, 15) is 14.4 Å². The van der Waals surface area contributed by atoms with Crippen molar-refractivity contribution >= 4 is 18.0 Å². The first-order chi connectivity index (χ1) is 24.4. The van der Waals surface area contributed by atoms with Gasteiger partial charge < -0.3 is 24.4 Å². The first-order valence-electron chi connectivity index (χ1n) is 20.9. The smallest absolute Gasteiger partial charge is 0.407 e. The van der Waals surface area contributed by atoms with Gasteiger partial charge in [0.05, 0.1) is 6.54 Å². The molecule has 0 aromatic heterocycles. The van der Waals surface area contributed by atoms with Crippen LogP contribution < -0.4 is 5.32 Å². The van der Waals surface area contributed by atoms with Crippen LogP contribution >= 0.6 is 0 Å². The van der Waals surface area contributed by atoms with E-state index in [1.165, 1.54) is 116 Å². The Hall–Kier alpha value is -2.09. The van der Waals surface area contributed by atoms with Gasteiger partial charge in [-0.05, 0) is 52.6 Å². The predicted octanol–water partition coefficient (Wildman–Crippen LogP) is 11.2. The molecular formula is C42H80N2O6. The van der Waals surface area contributed by atoms with E-state index < -0.39 is 12.2 Å². The monoisotopic (exact) mass is 709 g/mol. The standard InChI is InChI=1S/C42H80N2O6/c1-5-7-9-11-13-15-17-19-20-22-24-26-28-30-32-34-41(46)50-39(37-43-42(47)48-36-35-44(3)4)38-49-40(45)33-31-29-27-25-23-21-18-16-14-12-10-8-6-2/h19-20,39H,5-18,21-38H2,1-4H3,(H,43,47)/b20-19-. The van der Waals surface area contributed by atoms with Crippen molar-refractivity contribution in [1.82, 2.24) is 10.2 Å². The molecule has 1 N–H and O–H groups in total. The number of rotatable bonds is 37. The van der Waals surface area contributed by atoms with Crippen molar-refractivity contribution in [2.45, 2.75) is 200 Å². The second-order valence-electron chi connectivity index (χ2n) is 14.4. The normalized spacial score (nSPS) is 12.0. The number of likely N-dealkylation sites (N-methyl/N-ethyl adjacent to an activating group) is 1. The second kappa shape index (κ2) is 38.1. The lowest BCUT2D eigenvalue weighted by atomic mass is 10.0. The number of ether oxygens (including phenoxy) is 3. The van der Waals surface area contributed by atoms with E-state index in [0.29, 0.717) is 19.4 Å². The van der Waals surface area contributed by atoms with E-state index in [1.54, 1.807) is 0 Å². The minimum Gasteiger partial charge on any atom is -0.462 e. The van der Waals surface area contributed by atoms with Crippen LogP contribution in [0.1, 0.15) is 194 Å². The topological polar surface area (TPSA) is 94.2 Å². The average molecular weight is 709 g/mol. The van der Waals surface area contributed by atoms with Crippen LogP contribution in [-0.2, 0) is 23.8 Å². The highest BCUT2D eigenvalue weighted by Crippen LogP contribution is 2.14. The van der Waals surface area contributed by atoms with Crippen molar-refractivity contribution in [3.05, 3.63) is 12.2 Å². The lowest BCUT2D eigenvalue weighted by Crippen LogP contribution is -2.39. The van der Waals surface area contributed by atoms with Crippen molar-refractivity contribution < 1.29 is 28.6 Å². The van der Waals surface area contributed by atoms with Crippen LogP contribution in [0.3, 0.4) is 0 Å². The predicted molar refractivity (Wildman–Crippen MR) is 209 cm³/mol. The van der Waals surface area contributed by atoms with Gasteiger partial charge in [0.1, 0.15) is 13.2 Å². The van der Waals surface area contributed by atoms with Gasteiger partial charge in [-0.3, -0.25) is 9.59 Å². The molecule has 0 aromatic carbocycles. The number of allylic oxidation sites excluding steroid dienone is 2. The summed E-state index contributed by atoms with van der Waals surface area (Å²) in [6.07, 6.45) is 35.8. The van der Waals surface area contributed by atoms with Gasteiger partial charge in [0.15, 0.2) is 6.10 Å². The second-order valence-corrected chi connectivity index (χ2v) is 14.4. The maximum absolute atomic E-state index is 12.6. The van der Waals surface area contributed by atoms with Gasteiger partial charge in [-0.2, -0.15) is 0 Å². The molecular weight excluding hydrogens is 628 g/mol. The van der Waals surface area contributed by atoms with E-state index >= 15 is 0 Å². The molecule has 0 aromatic rings. The zero-order valence-electron chi connectivity index (χ0n) is 33.3. The summed E-state index contributed by atoms with van der Waals surface area (Å²) in [5.74, 6) is -0.622. The fourth-order valence-electron chi connectivity index (χ4n) is 5.83. The van der Waals surface area contributed by atoms with Gasteiger partial charge in [0.2, 0.25) is 0 Å². The SMILES string of the molecule is CCCCCCCC/C=C\CCCCCCCC(=O)OC(CNC(=O)OCCN(C)C)COC(=O)CCCCCCCCCCCCCCC. The Labute approximate surface area is 308 Å². The molecule has 0 fully saturated rings. The molecule has 0 saturated carbocycles. The van der Waals surface area contributed by atoms with Crippen LogP contribution in [0.25, 0.3) is 0 Å². The number of hydrogen-bond acceptors (Lipinski definition) is 7. The van der Waals surface area contributed by atoms with Crippen LogP contribution in [0, 0.1) is 0 Å². The fraction of sp³-hybridized carbons (Fsp3) is 0.881. The Morgan fingerprint density at radius 3 is 1.44 bits per heavy atom. The summed E-state index contributed by atoms with van der Waals surface area (Å²) >= 11 is 0. The number of carbonyl (C=O) groups is 3. The van der Waals surface area contributed by atoms with Gasteiger partial charge in [-0.1, -0.05) is 154 Å². The molecule has 0 aliphatic rings. The summed E-state index contributed by atoms with van der Waals surface area (Å²) in [6.45, 7) is 5.34. The third kappa shape index (κ3) is 37.2. The Morgan fingerprint density at radius 2 is 0.980 bits per heavy atom. The van der Waals surface area contributed by atoms with E-state index in [-0.39, 0.29) is 31.7 Å². The molecule has 1 amide bonds. The largest absolute Gasteiger partial charge is 0.462 e. The maximum atomic E-state index is 12.6. The van der Waals surface area contributed by atoms with Crippen molar-refractivity contribution in [2.24, 2.45) is 0 Å². The number of nitrogens with zero attached hydrogens (tertiary/aromatic N) is 1. The van der Waals surface area contributed by atoms with E-state index in [2.05, 4.69) is 31.3 Å². The zero-order valence-corrected chi connectivity index (χ0v) is 33.3. The average Bonchev–Trinajstić information content (AvgIpc) is 3.09. The van der Waals surface area contributed by atoms with Crippen molar-refractivity contribution in [2.75, 3.05) is 40.4 Å². The molecule has 1 unspecified atom stereocenters. The molecule has 50 heavy (non-hydrogen) atoms. The zero-order chi connectivity index (χ0) is 36.8. The molecule has 0 aliphatic heterocycles. The molecule has 0 rings (SSSR count). The summed E-state index contributed by atoms with van der Waals surface area (Å²) in [4.78, 5) is 39.1. The molecule has 0 heterocycles. The Kier molecular flexibility index (Phi) is 36.6. The van der Waals surface area contributed by atoms with Crippen molar-refractivity contribution in [1.29, 1.82) is 0 Å². The van der Waals surface area contributed by atoms with Crippen LogP contribution in [0.5, 0.6) is 0 Å². The lowest BCUT2D eigenvalue weighted by Gasteiger charge is -2.19. The van der Waals surface area contributed by atoms with Gasteiger partial charge in [0, 0.05) is 19.4 Å². The number of alkyl carbamates (subject to hydrolysis) is 1. The Balaban J connectivity index is 4.20. The summed E-state index contributed by atoms with van der Waals surface area (Å²) in [6, 6.07) is 0. The summed E-state index contributed by atoms with van der Waals surface area (Å²) in [7, 11) is 3.80. The van der Waals surface area contributed by atoms with Crippen LogP contribution in [-0.4, -0.2) is 69.4 Å². The summed E-state index contributed by atoms with van der Waals surface area (Å²) in [5.41, 5.74) is 0. The van der Waals surface area contributed by atoms with Crippen LogP contribution in [0.4, 0.5) is 4.79 Å². The van der Waals surface area contributed by atoms with Gasteiger partial charge >= 0.3 is 18.0 Å². The van der Waals surface area contributed by atoms with Gasteiger partial charge in [-0.15, -0.1) is 0 Å². The summed E-state index contributed by atoms with van der Waals surface area (Å²) < 4.78 is 16.3. The first-order valence-corrected chi connectivity index (χ1v) is 20.9. The van der Waals surface area contributed by atoms with Gasteiger partial charge in [0.25, 0.3) is 0 Å². The van der Waals surface area contributed by atoms with E-state index in [4.69, 9.17) is 14.2 Å². The molecule has 1 atom stereocenters. The molecule has 0 aliphatic carbocycles. The number of carbonyl (C=O) groups excluding carboxylic acids is 3. The fourth-order valence-corrected chi connectivity index (χ4v) is 5.83.